The van der Waals surface area contributed by atoms with E-state index in [-0.39, 0.29) is 59.0 Å². The van der Waals surface area contributed by atoms with Crippen LogP contribution in [0.2, 0.25) is 0 Å². The standard InChI is InChI=1S/C19H21N5O3.C12H15N5O3/c1-11-13(9-27-8-12-5-3-2-4-6-12)15(25)7-14(11)24-10-21-16-17(24)22-19(20)23-18(16)26;1-5-6(3-18)8(19)2-7(5)17-4-14-9-10(17)15-12(13)16-11(9)20/h2-6,10,13-15,25H,1,7-9H2,(H3,20,22,23,26);4,6-8,18-19H,1-3H2,(H3,13,15,16,20)/t13-,14-,15-;6-,7-,8-/m00/s1. The summed E-state index contributed by atoms with van der Waals surface area (Å²) in [5.41, 5.74) is 14.2. The van der Waals surface area contributed by atoms with Gasteiger partial charge in [0.1, 0.15) is 0 Å². The van der Waals surface area contributed by atoms with E-state index >= 15 is 0 Å². The Kier molecular flexibility index (Phi) is 8.74. The van der Waals surface area contributed by atoms with E-state index in [0.717, 1.165) is 11.1 Å². The molecule has 246 valence electrons. The van der Waals surface area contributed by atoms with Gasteiger partial charge in [-0.3, -0.25) is 19.6 Å². The zero-order chi connectivity index (χ0) is 33.4. The van der Waals surface area contributed by atoms with Gasteiger partial charge >= 0.3 is 0 Å². The number of nitrogens with one attached hydrogen (secondary N) is 2. The van der Waals surface area contributed by atoms with Crippen molar-refractivity contribution in [3.05, 3.63) is 93.6 Å². The lowest BCUT2D eigenvalue weighted by molar-refractivity contribution is 0.0472. The average molecular weight is 645 g/mol. The van der Waals surface area contributed by atoms with Crippen molar-refractivity contribution in [2.75, 3.05) is 24.7 Å². The van der Waals surface area contributed by atoms with Gasteiger partial charge in [-0.25, -0.2) is 9.97 Å². The van der Waals surface area contributed by atoms with E-state index < -0.39 is 17.8 Å². The van der Waals surface area contributed by atoms with E-state index in [1.54, 1.807) is 15.5 Å². The first kappa shape index (κ1) is 31.8. The Morgan fingerprint density at radius 2 is 1.32 bits per heavy atom. The second-order valence-corrected chi connectivity index (χ2v) is 11.7. The molecular formula is C31H36N10O6. The Labute approximate surface area is 267 Å². The van der Waals surface area contributed by atoms with Crippen LogP contribution in [0, 0.1) is 11.8 Å². The molecule has 0 spiro atoms. The summed E-state index contributed by atoms with van der Waals surface area (Å²) >= 11 is 0. The van der Waals surface area contributed by atoms with Crippen LogP contribution in [0.3, 0.4) is 0 Å². The molecule has 16 heteroatoms. The quantitative estimate of drug-likeness (QED) is 0.120. The van der Waals surface area contributed by atoms with Crippen LogP contribution in [0.25, 0.3) is 22.3 Å². The molecule has 2 aliphatic carbocycles. The summed E-state index contributed by atoms with van der Waals surface area (Å²) in [6, 6.07) is 9.38. The predicted octanol–water partition coefficient (Wildman–Crippen LogP) is 0.569. The normalized spacial score (nSPS) is 24.2. The fourth-order valence-corrected chi connectivity index (χ4v) is 6.34. The topological polar surface area (TPSA) is 249 Å². The van der Waals surface area contributed by atoms with Crippen LogP contribution in [0.4, 0.5) is 11.9 Å². The van der Waals surface area contributed by atoms with E-state index in [1.807, 2.05) is 30.3 Å². The molecule has 2 fully saturated rings. The zero-order valence-electron chi connectivity index (χ0n) is 25.4. The van der Waals surface area contributed by atoms with Crippen LogP contribution in [0.15, 0.2) is 76.9 Å². The fourth-order valence-electron chi connectivity index (χ4n) is 6.34. The van der Waals surface area contributed by atoms with Crippen LogP contribution in [0.5, 0.6) is 0 Å². The minimum absolute atomic E-state index is 0.00659. The van der Waals surface area contributed by atoms with Crippen molar-refractivity contribution < 1.29 is 20.1 Å². The van der Waals surface area contributed by atoms with Gasteiger partial charge in [0, 0.05) is 11.8 Å². The zero-order valence-corrected chi connectivity index (χ0v) is 25.4. The van der Waals surface area contributed by atoms with Crippen molar-refractivity contribution in [2.45, 2.75) is 43.7 Å². The van der Waals surface area contributed by atoms with Gasteiger partial charge in [-0.05, 0) is 29.6 Å². The summed E-state index contributed by atoms with van der Waals surface area (Å²) in [6.07, 6.45) is 2.61. The number of nitrogens with two attached hydrogens (primary N) is 2. The van der Waals surface area contributed by atoms with Crippen molar-refractivity contribution in [2.24, 2.45) is 11.8 Å². The molecule has 0 saturated heterocycles. The first-order chi connectivity index (χ1) is 22.6. The van der Waals surface area contributed by atoms with E-state index in [0.29, 0.717) is 42.9 Å². The fraction of sp³-hybridized carbons (Fsp3) is 0.355. The Morgan fingerprint density at radius 3 is 1.81 bits per heavy atom. The van der Waals surface area contributed by atoms with Crippen LogP contribution in [-0.4, -0.2) is 79.8 Å². The summed E-state index contributed by atoms with van der Waals surface area (Å²) in [5, 5.41) is 29.7. The van der Waals surface area contributed by atoms with E-state index in [2.05, 4.69) is 43.1 Å². The summed E-state index contributed by atoms with van der Waals surface area (Å²) in [7, 11) is 0. The van der Waals surface area contributed by atoms with Gasteiger partial charge < -0.3 is 40.7 Å². The van der Waals surface area contributed by atoms with Crippen LogP contribution in [-0.2, 0) is 11.3 Å². The number of hydrogen-bond acceptors (Lipinski definition) is 12. The van der Waals surface area contributed by atoms with Crippen molar-refractivity contribution >= 4 is 34.2 Å². The highest BCUT2D eigenvalue weighted by molar-refractivity contribution is 5.71. The number of rotatable bonds is 7. The minimum atomic E-state index is -0.672. The summed E-state index contributed by atoms with van der Waals surface area (Å²) < 4.78 is 9.22. The number of anilines is 2. The number of nitrogens with zero attached hydrogens (tertiary/aromatic N) is 6. The number of aliphatic hydroxyl groups excluding tert-OH is 3. The number of aromatic amines is 2. The van der Waals surface area contributed by atoms with Gasteiger partial charge in [0.2, 0.25) is 11.9 Å². The van der Waals surface area contributed by atoms with E-state index in [1.165, 1.54) is 6.33 Å². The molecular weight excluding hydrogens is 608 g/mol. The molecule has 7 rings (SSSR count). The molecule has 6 atom stereocenters. The number of ether oxygens (including phenoxy) is 1. The lowest BCUT2D eigenvalue weighted by Crippen LogP contribution is -2.20. The highest BCUT2D eigenvalue weighted by Crippen LogP contribution is 2.41. The molecule has 16 nitrogen and oxygen atoms in total. The molecule has 4 heterocycles. The smallest absolute Gasteiger partial charge is 0.280 e. The van der Waals surface area contributed by atoms with Gasteiger partial charge in [-0.2, -0.15) is 9.97 Å². The van der Waals surface area contributed by atoms with Crippen LogP contribution >= 0.6 is 0 Å². The third-order valence-corrected chi connectivity index (χ3v) is 8.85. The second kappa shape index (κ2) is 12.9. The largest absolute Gasteiger partial charge is 0.396 e. The third-order valence-electron chi connectivity index (χ3n) is 8.85. The Morgan fingerprint density at radius 1 is 0.830 bits per heavy atom. The van der Waals surface area contributed by atoms with Crippen molar-refractivity contribution in [3.8, 4) is 0 Å². The molecule has 4 aromatic heterocycles. The van der Waals surface area contributed by atoms with Gasteiger partial charge in [0.15, 0.2) is 22.3 Å². The Hall–Kier alpha value is -5.16. The maximum atomic E-state index is 12.0. The average Bonchev–Trinajstić information content (AvgIpc) is 3.78. The van der Waals surface area contributed by atoms with Gasteiger partial charge in [-0.1, -0.05) is 43.5 Å². The SMILES string of the molecule is C=C1[C@H](CO)[C@@H](O)C[C@@H]1n1cnc2c(=O)[nH]c(N)nc21.C=C1[C@H](COCc2ccccc2)[C@@H](O)C[C@@H]1n1cnc2c(=O)[nH]c(N)nc21. The van der Waals surface area contributed by atoms with Gasteiger partial charge in [0.05, 0.1) is 56.8 Å². The van der Waals surface area contributed by atoms with Gasteiger partial charge in [0.25, 0.3) is 11.1 Å². The molecule has 1 aromatic carbocycles. The summed E-state index contributed by atoms with van der Waals surface area (Å²) in [5.74, 6) is -0.541. The van der Waals surface area contributed by atoms with Crippen LogP contribution in [0.1, 0.15) is 30.5 Å². The lowest BCUT2D eigenvalue weighted by Gasteiger charge is -2.18. The molecule has 0 bridgehead atoms. The molecule has 0 radical (unpaired) electrons. The first-order valence-electron chi connectivity index (χ1n) is 15.0. The molecule has 5 aromatic rings. The molecule has 2 aliphatic rings. The predicted molar refractivity (Wildman–Crippen MR) is 173 cm³/mol. The minimum Gasteiger partial charge on any atom is -0.396 e. The maximum Gasteiger partial charge on any atom is 0.280 e. The highest BCUT2D eigenvalue weighted by Gasteiger charge is 2.39. The third kappa shape index (κ3) is 6.06. The Balaban J connectivity index is 0.000000172. The summed E-state index contributed by atoms with van der Waals surface area (Å²) in [4.78, 5) is 45.0. The number of benzene rings is 1. The molecule has 0 aliphatic heterocycles. The number of imidazole rings is 2. The number of hydrogen-bond donors (Lipinski definition) is 7. The Bertz CT molecular complexity index is 2050. The van der Waals surface area contributed by atoms with Gasteiger partial charge in [-0.15, -0.1) is 0 Å². The highest BCUT2D eigenvalue weighted by atomic mass is 16.5. The number of aromatic nitrogens is 8. The number of fused-ring (bicyclic) bond motifs is 2. The van der Waals surface area contributed by atoms with E-state index in [4.69, 9.17) is 16.2 Å². The van der Waals surface area contributed by atoms with E-state index in [9.17, 15) is 24.9 Å². The second-order valence-electron chi connectivity index (χ2n) is 11.7. The number of H-pyrrole nitrogens is 2. The maximum absolute atomic E-state index is 12.0. The molecule has 47 heavy (non-hydrogen) atoms. The number of nitrogen functional groups attached to an aromatic ring is 2. The molecule has 9 N–H and O–H groups in total. The van der Waals surface area contributed by atoms with Crippen molar-refractivity contribution in [3.63, 3.8) is 0 Å². The summed E-state index contributed by atoms with van der Waals surface area (Å²) in [6.45, 7) is 8.78. The monoisotopic (exact) mass is 644 g/mol. The molecule has 2 saturated carbocycles. The van der Waals surface area contributed by atoms with Crippen molar-refractivity contribution in [1.82, 2.24) is 39.0 Å². The lowest BCUT2D eigenvalue weighted by atomic mass is 10.0. The van der Waals surface area contributed by atoms with Crippen LogP contribution < -0.4 is 22.6 Å². The first-order valence-corrected chi connectivity index (χ1v) is 15.0. The van der Waals surface area contributed by atoms with Crippen molar-refractivity contribution in [1.29, 1.82) is 0 Å². The molecule has 0 unspecified atom stereocenters. The molecule has 0 amide bonds. The number of aliphatic hydroxyl groups is 3.